The fourth-order valence-corrected chi connectivity index (χ4v) is 2.37. The Kier molecular flexibility index (Phi) is 5.67. The molecule has 0 spiro atoms. The first kappa shape index (κ1) is 20.5. The second kappa shape index (κ2) is 7.45. The maximum atomic E-state index is 13.0. The van der Waals surface area contributed by atoms with E-state index in [9.17, 15) is 35.9 Å². The molecule has 4 nitrogen and oxygen atoms in total. The van der Waals surface area contributed by atoms with E-state index in [2.05, 4.69) is 0 Å². The third kappa shape index (κ3) is 5.11. The summed E-state index contributed by atoms with van der Waals surface area (Å²) in [6.45, 7) is -1.14. The monoisotopic (exact) mass is 392 g/mol. The molecule has 0 aliphatic heterocycles. The van der Waals surface area contributed by atoms with Gasteiger partial charge in [-0.3, -0.25) is 9.59 Å². The summed E-state index contributed by atoms with van der Waals surface area (Å²) in [5.41, 5.74) is -3.03. The molecule has 0 radical (unpaired) electrons. The average Bonchev–Trinajstić information content (AvgIpc) is 2.55. The summed E-state index contributed by atoms with van der Waals surface area (Å²) >= 11 is 0. The Morgan fingerprint density at radius 1 is 1.00 bits per heavy atom. The Hall–Kier alpha value is -2.78. The summed E-state index contributed by atoms with van der Waals surface area (Å²) in [5.74, 6) is -0.812. The first-order chi connectivity index (χ1) is 12.4. The van der Waals surface area contributed by atoms with Crippen molar-refractivity contribution < 1.29 is 31.1 Å². The number of hydrogen-bond acceptors (Lipinski definition) is 2. The number of pyridine rings is 1. The molecule has 0 N–H and O–H groups in total. The maximum Gasteiger partial charge on any atom is 0.417 e. The lowest BCUT2D eigenvalue weighted by Gasteiger charge is -2.21. The van der Waals surface area contributed by atoms with Crippen molar-refractivity contribution in [1.82, 2.24) is 9.47 Å². The second-order valence-electron chi connectivity index (χ2n) is 5.79. The number of likely N-dealkylation sites (N-methyl/N-ethyl adjacent to an activating group) is 1. The number of carbonyl (C=O) groups is 1. The van der Waals surface area contributed by atoms with Crippen molar-refractivity contribution in [3.63, 3.8) is 0 Å². The molecule has 0 fully saturated rings. The van der Waals surface area contributed by atoms with E-state index in [1.54, 1.807) is 0 Å². The van der Waals surface area contributed by atoms with Gasteiger partial charge in [0.05, 0.1) is 11.1 Å². The Morgan fingerprint density at radius 2 is 1.63 bits per heavy atom. The molecule has 1 heterocycles. The molecule has 1 aromatic heterocycles. The highest BCUT2D eigenvalue weighted by atomic mass is 19.4. The van der Waals surface area contributed by atoms with Gasteiger partial charge in [0.2, 0.25) is 5.91 Å². The van der Waals surface area contributed by atoms with Gasteiger partial charge in [-0.15, -0.1) is 0 Å². The number of rotatable bonds is 4. The zero-order valence-electron chi connectivity index (χ0n) is 13.9. The summed E-state index contributed by atoms with van der Waals surface area (Å²) in [4.78, 5) is 24.8. The van der Waals surface area contributed by atoms with Gasteiger partial charge in [-0.2, -0.15) is 26.3 Å². The predicted molar refractivity (Wildman–Crippen MR) is 83.6 cm³/mol. The van der Waals surface area contributed by atoms with Gasteiger partial charge in [-0.05, 0) is 17.7 Å². The lowest BCUT2D eigenvalue weighted by molar-refractivity contribution is -0.139. The second-order valence-corrected chi connectivity index (χ2v) is 5.79. The van der Waals surface area contributed by atoms with Gasteiger partial charge in [-0.25, -0.2) is 0 Å². The van der Waals surface area contributed by atoms with Crippen molar-refractivity contribution in [2.75, 3.05) is 7.05 Å². The van der Waals surface area contributed by atoms with E-state index in [-0.39, 0.29) is 5.56 Å². The summed E-state index contributed by atoms with van der Waals surface area (Å²) in [6, 6.07) is 5.91. The standard InChI is InChI=1S/C17H14F6N2O2/c1-24(8-11-4-2-3-5-13(11)17(21,22)23)15(27)10-25-9-12(16(18,19)20)6-7-14(25)26/h2-7,9H,8,10H2,1H3. The predicted octanol–water partition coefficient (Wildman–Crippen LogP) is 3.54. The van der Waals surface area contributed by atoms with Crippen molar-refractivity contribution >= 4 is 5.91 Å². The van der Waals surface area contributed by atoms with Gasteiger partial charge in [0.25, 0.3) is 5.56 Å². The molecule has 0 aliphatic carbocycles. The van der Waals surface area contributed by atoms with Crippen LogP contribution in [0.1, 0.15) is 16.7 Å². The molecule has 2 rings (SSSR count). The normalized spacial score (nSPS) is 12.1. The summed E-state index contributed by atoms with van der Waals surface area (Å²) in [6.07, 6.45) is -8.81. The van der Waals surface area contributed by atoms with Crippen LogP contribution in [0, 0.1) is 0 Å². The van der Waals surface area contributed by atoms with Crippen LogP contribution in [-0.4, -0.2) is 22.4 Å². The molecule has 0 atom stereocenters. The topological polar surface area (TPSA) is 42.3 Å². The molecular formula is C17H14F6N2O2. The highest BCUT2D eigenvalue weighted by Gasteiger charge is 2.33. The third-order valence-electron chi connectivity index (χ3n) is 3.77. The molecule has 0 saturated heterocycles. The first-order valence-corrected chi connectivity index (χ1v) is 7.56. The molecule has 146 valence electrons. The number of benzene rings is 1. The number of aromatic nitrogens is 1. The number of alkyl halides is 6. The van der Waals surface area contributed by atoms with E-state index >= 15 is 0 Å². The van der Waals surface area contributed by atoms with E-state index in [1.807, 2.05) is 0 Å². The van der Waals surface area contributed by atoms with E-state index in [0.29, 0.717) is 22.9 Å². The van der Waals surface area contributed by atoms with Gasteiger partial charge < -0.3 is 9.47 Å². The number of carbonyl (C=O) groups excluding carboxylic acids is 1. The average molecular weight is 392 g/mol. The molecule has 0 saturated carbocycles. The van der Waals surface area contributed by atoms with E-state index in [4.69, 9.17) is 0 Å². The molecule has 2 aromatic rings. The largest absolute Gasteiger partial charge is 0.417 e. The number of amides is 1. The van der Waals surface area contributed by atoms with Gasteiger partial charge in [-0.1, -0.05) is 18.2 Å². The summed E-state index contributed by atoms with van der Waals surface area (Å²) in [5, 5.41) is 0. The van der Waals surface area contributed by atoms with Gasteiger partial charge >= 0.3 is 12.4 Å². The summed E-state index contributed by atoms with van der Waals surface area (Å²) < 4.78 is 77.7. The third-order valence-corrected chi connectivity index (χ3v) is 3.77. The van der Waals surface area contributed by atoms with Crippen LogP contribution < -0.4 is 5.56 Å². The van der Waals surface area contributed by atoms with Crippen LogP contribution in [0.4, 0.5) is 26.3 Å². The van der Waals surface area contributed by atoms with Gasteiger partial charge in [0, 0.05) is 25.9 Å². The van der Waals surface area contributed by atoms with Crippen molar-refractivity contribution in [2.24, 2.45) is 0 Å². The number of hydrogen-bond donors (Lipinski definition) is 0. The van der Waals surface area contributed by atoms with Gasteiger partial charge in [0.15, 0.2) is 0 Å². The van der Waals surface area contributed by atoms with Crippen LogP contribution in [0.25, 0.3) is 0 Å². The number of halogens is 6. The van der Waals surface area contributed by atoms with Crippen molar-refractivity contribution in [1.29, 1.82) is 0 Å². The van der Waals surface area contributed by atoms with E-state index in [1.165, 1.54) is 25.2 Å². The van der Waals surface area contributed by atoms with E-state index in [0.717, 1.165) is 11.0 Å². The summed E-state index contributed by atoms with van der Waals surface area (Å²) in [7, 11) is 1.20. The minimum absolute atomic E-state index is 0.169. The van der Waals surface area contributed by atoms with E-state index < -0.39 is 48.0 Å². The molecule has 1 aromatic carbocycles. The highest BCUT2D eigenvalue weighted by Crippen LogP contribution is 2.32. The highest BCUT2D eigenvalue weighted by molar-refractivity contribution is 5.75. The van der Waals surface area contributed by atoms with Crippen LogP contribution in [0.3, 0.4) is 0 Å². The SMILES string of the molecule is CN(Cc1ccccc1C(F)(F)F)C(=O)Cn1cc(C(F)(F)F)ccc1=O. The van der Waals surface area contributed by atoms with Crippen LogP contribution >= 0.6 is 0 Å². The minimum Gasteiger partial charge on any atom is -0.340 e. The zero-order valence-corrected chi connectivity index (χ0v) is 13.9. The Morgan fingerprint density at radius 3 is 2.22 bits per heavy atom. The lowest BCUT2D eigenvalue weighted by Crippen LogP contribution is -2.34. The number of nitrogens with zero attached hydrogens (tertiary/aromatic N) is 2. The molecule has 0 bridgehead atoms. The van der Waals surface area contributed by atoms with Crippen LogP contribution in [-0.2, 0) is 30.2 Å². The Labute approximate surface area is 149 Å². The van der Waals surface area contributed by atoms with Gasteiger partial charge in [0.1, 0.15) is 6.54 Å². The quantitative estimate of drug-likeness (QED) is 0.747. The molecule has 0 aliphatic rings. The van der Waals surface area contributed by atoms with Crippen molar-refractivity contribution in [3.8, 4) is 0 Å². The van der Waals surface area contributed by atoms with Crippen LogP contribution in [0.5, 0.6) is 0 Å². The maximum absolute atomic E-state index is 13.0. The minimum atomic E-state index is -4.70. The first-order valence-electron chi connectivity index (χ1n) is 7.56. The fourth-order valence-electron chi connectivity index (χ4n) is 2.37. The molecule has 10 heteroatoms. The fraction of sp³-hybridized carbons (Fsp3) is 0.294. The van der Waals surface area contributed by atoms with Crippen molar-refractivity contribution in [3.05, 3.63) is 69.6 Å². The van der Waals surface area contributed by atoms with Crippen molar-refractivity contribution in [2.45, 2.75) is 25.4 Å². The smallest absolute Gasteiger partial charge is 0.340 e. The molecule has 0 unspecified atom stereocenters. The van der Waals surface area contributed by atoms with Crippen LogP contribution in [0.15, 0.2) is 47.4 Å². The molecular weight excluding hydrogens is 378 g/mol. The Balaban J connectivity index is 2.20. The van der Waals surface area contributed by atoms with Crippen LogP contribution in [0.2, 0.25) is 0 Å². The lowest BCUT2D eigenvalue weighted by atomic mass is 10.1. The molecule has 27 heavy (non-hydrogen) atoms. The Bertz CT molecular complexity index is 886. The molecule has 1 amide bonds. The zero-order chi connectivity index (χ0) is 20.4.